The molecule has 0 bridgehead atoms. The fraction of sp³-hybridized carbons (Fsp3) is 0.448. The maximum absolute atomic E-state index is 14.7. The molecule has 1 atom stereocenters. The van der Waals surface area contributed by atoms with Crippen molar-refractivity contribution in [2.24, 2.45) is 0 Å². The Morgan fingerprint density at radius 1 is 1.05 bits per heavy atom. The molecule has 2 heterocycles. The summed E-state index contributed by atoms with van der Waals surface area (Å²) in [5, 5.41) is 11.3. The number of carbonyl (C=O) groups is 2. The number of carbonyl (C=O) groups excluding carboxylic acids is 2. The predicted octanol–water partition coefficient (Wildman–Crippen LogP) is 4.49. The molecule has 2 aliphatic heterocycles. The molecule has 2 aromatic carbocycles. The quantitative estimate of drug-likeness (QED) is 0.320. The van der Waals surface area contributed by atoms with Crippen molar-refractivity contribution >= 4 is 17.4 Å². The van der Waals surface area contributed by atoms with E-state index in [0.29, 0.717) is 37.8 Å². The zero-order chi connectivity index (χ0) is 26.7. The molecule has 2 aromatic rings. The molecule has 0 spiro atoms. The van der Waals surface area contributed by atoms with Gasteiger partial charge in [0.2, 0.25) is 0 Å². The van der Waals surface area contributed by atoms with Gasteiger partial charge in [0.1, 0.15) is 5.76 Å². The van der Waals surface area contributed by atoms with E-state index in [2.05, 4.69) is 18.7 Å². The summed E-state index contributed by atoms with van der Waals surface area (Å²) in [5.41, 5.74) is 1.91. The normalized spacial score (nSPS) is 20.3. The van der Waals surface area contributed by atoms with Gasteiger partial charge >= 0.3 is 0 Å². The molecule has 198 valence electrons. The highest BCUT2D eigenvalue weighted by atomic mass is 19.1. The highest BCUT2D eigenvalue weighted by Gasteiger charge is 2.46. The summed E-state index contributed by atoms with van der Waals surface area (Å²) in [6.45, 7) is 11.4. The molecule has 8 heteroatoms. The lowest BCUT2D eigenvalue weighted by Gasteiger charge is -2.31. The molecule has 37 heavy (non-hydrogen) atoms. The van der Waals surface area contributed by atoms with Gasteiger partial charge < -0.3 is 19.5 Å². The fourth-order valence-electron chi connectivity index (χ4n) is 4.75. The Balaban J connectivity index is 1.73. The number of Topliss-reactive ketones (excluding diaryl/α,β-unsaturated/α-hetero) is 1. The van der Waals surface area contributed by atoms with E-state index in [1.165, 1.54) is 17.0 Å². The van der Waals surface area contributed by atoms with Crippen LogP contribution in [-0.4, -0.2) is 72.1 Å². The van der Waals surface area contributed by atoms with Gasteiger partial charge in [0.05, 0.1) is 30.9 Å². The Morgan fingerprint density at radius 3 is 2.32 bits per heavy atom. The average molecular weight is 511 g/mol. The lowest BCUT2D eigenvalue weighted by molar-refractivity contribution is -0.140. The second-order valence-corrected chi connectivity index (χ2v) is 10.1. The smallest absolute Gasteiger partial charge is 0.295 e. The van der Waals surface area contributed by atoms with Crippen LogP contribution >= 0.6 is 0 Å². The van der Waals surface area contributed by atoms with Crippen molar-refractivity contribution in [3.8, 4) is 5.75 Å². The molecule has 1 N–H and O–H groups in total. The summed E-state index contributed by atoms with van der Waals surface area (Å²) in [6, 6.07) is 11.0. The zero-order valence-electron chi connectivity index (χ0n) is 21.9. The molecule has 2 fully saturated rings. The van der Waals surface area contributed by atoms with E-state index in [1.54, 1.807) is 13.8 Å². The van der Waals surface area contributed by atoms with Gasteiger partial charge in [-0.05, 0) is 49.1 Å². The number of nitrogens with zero attached hydrogens (tertiary/aromatic N) is 2. The minimum Gasteiger partial charge on any atom is -0.507 e. The molecule has 7 nitrogen and oxygen atoms in total. The predicted molar refractivity (Wildman–Crippen MR) is 139 cm³/mol. The zero-order valence-corrected chi connectivity index (χ0v) is 21.9. The Morgan fingerprint density at radius 2 is 1.73 bits per heavy atom. The van der Waals surface area contributed by atoms with E-state index < -0.39 is 29.3 Å². The Hall–Kier alpha value is -3.23. The van der Waals surface area contributed by atoms with Crippen molar-refractivity contribution in [2.45, 2.75) is 45.8 Å². The van der Waals surface area contributed by atoms with Gasteiger partial charge in [0.25, 0.3) is 11.7 Å². The number of hydrogen-bond acceptors (Lipinski definition) is 6. The van der Waals surface area contributed by atoms with Crippen LogP contribution in [0.3, 0.4) is 0 Å². The Bertz CT molecular complexity index is 1170. The first kappa shape index (κ1) is 26.8. The molecule has 2 aliphatic rings. The minimum absolute atomic E-state index is 0.0406. The van der Waals surface area contributed by atoms with E-state index in [4.69, 9.17) is 9.47 Å². The van der Waals surface area contributed by atoms with Gasteiger partial charge in [0, 0.05) is 31.7 Å². The highest BCUT2D eigenvalue weighted by molar-refractivity contribution is 6.46. The lowest BCUT2D eigenvalue weighted by Crippen LogP contribution is -2.42. The monoisotopic (exact) mass is 510 g/mol. The molecule has 4 rings (SSSR count). The first-order chi connectivity index (χ1) is 17.7. The van der Waals surface area contributed by atoms with Gasteiger partial charge in [0.15, 0.2) is 11.6 Å². The van der Waals surface area contributed by atoms with Crippen molar-refractivity contribution in [1.29, 1.82) is 0 Å². The van der Waals surface area contributed by atoms with Crippen molar-refractivity contribution in [3.05, 3.63) is 70.5 Å². The van der Waals surface area contributed by atoms with Crippen LogP contribution < -0.4 is 4.74 Å². The lowest BCUT2D eigenvalue weighted by atomic mass is 9.93. The molecule has 0 radical (unpaired) electrons. The second kappa shape index (κ2) is 11.4. The topological polar surface area (TPSA) is 79.3 Å². The molecule has 0 aromatic heterocycles. The summed E-state index contributed by atoms with van der Waals surface area (Å²) in [6.07, 6.45) is -0.223. The van der Waals surface area contributed by atoms with E-state index in [1.807, 2.05) is 24.3 Å². The Kier molecular flexibility index (Phi) is 8.29. The van der Waals surface area contributed by atoms with Gasteiger partial charge in [-0.1, -0.05) is 38.1 Å². The number of likely N-dealkylation sites (tertiary alicyclic amines) is 1. The summed E-state index contributed by atoms with van der Waals surface area (Å²) < 4.78 is 25.6. The van der Waals surface area contributed by atoms with Crippen molar-refractivity contribution in [2.75, 3.05) is 39.4 Å². The van der Waals surface area contributed by atoms with Crippen LogP contribution in [-0.2, 0) is 14.3 Å². The number of ether oxygens (including phenoxy) is 2. The maximum atomic E-state index is 14.7. The van der Waals surface area contributed by atoms with E-state index in [-0.39, 0.29) is 23.0 Å². The molecular weight excluding hydrogens is 475 g/mol. The number of aliphatic hydroxyl groups excluding tert-OH is 1. The largest absolute Gasteiger partial charge is 0.507 e. The van der Waals surface area contributed by atoms with E-state index in [0.717, 1.165) is 24.7 Å². The van der Waals surface area contributed by atoms with Crippen LogP contribution in [0.5, 0.6) is 5.75 Å². The van der Waals surface area contributed by atoms with Crippen LogP contribution in [0, 0.1) is 5.82 Å². The molecular formula is C29H35FN2O5. The highest BCUT2D eigenvalue weighted by Crippen LogP contribution is 2.40. The van der Waals surface area contributed by atoms with Gasteiger partial charge in [-0.3, -0.25) is 14.5 Å². The Labute approximate surface area is 217 Å². The number of morpholine rings is 1. The minimum atomic E-state index is -0.781. The van der Waals surface area contributed by atoms with Crippen molar-refractivity contribution in [1.82, 2.24) is 9.80 Å². The van der Waals surface area contributed by atoms with Crippen LogP contribution in [0.2, 0.25) is 0 Å². The third kappa shape index (κ3) is 5.86. The molecule has 0 unspecified atom stereocenters. The SMILES string of the molecule is CC(C)Oc1ccc(C(O)=C2C(=O)C(=O)N(CCN3CCOCC3)[C@H]2c2ccc(C(C)C)cc2)cc1F. The molecule has 0 aliphatic carbocycles. The summed E-state index contributed by atoms with van der Waals surface area (Å²) in [4.78, 5) is 30.2. The number of halogens is 1. The van der Waals surface area contributed by atoms with Crippen LogP contribution in [0.15, 0.2) is 48.0 Å². The summed E-state index contributed by atoms with van der Waals surface area (Å²) in [5.74, 6) is -2.14. The summed E-state index contributed by atoms with van der Waals surface area (Å²) in [7, 11) is 0. The number of aliphatic hydroxyl groups is 1. The third-order valence-corrected chi connectivity index (χ3v) is 6.79. The number of benzene rings is 2. The van der Waals surface area contributed by atoms with Crippen LogP contribution in [0.1, 0.15) is 56.3 Å². The van der Waals surface area contributed by atoms with E-state index >= 15 is 0 Å². The van der Waals surface area contributed by atoms with Gasteiger partial charge in [-0.2, -0.15) is 0 Å². The standard InChI is InChI=1S/C29H35FN2O5/c1-18(2)20-5-7-21(8-6-20)26-25(27(33)22-9-10-24(23(30)17-22)37-19(3)4)28(34)29(35)32(26)12-11-31-13-15-36-16-14-31/h5-10,17-19,26,33H,11-16H2,1-4H3/t26-/m0/s1. The first-order valence-electron chi connectivity index (χ1n) is 12.8. The maximum Gasteiger partial charge on any atom is 0.295 e. The van der Waals surface area contributed by atoms with Gasteiger partial charge in [-0.15, -0.1) is 0 Å². The first-order valence-corrected chi connectivity index (χ1v) is 12.8. The second-order valence-electron chi connectivity index (χ2n) is 10.1. The van der Waals surface area contributed by atoms with E-state index in [9.17, 15) is 19.1 Å². The fourth-order valence-corrected chi connectivity index (χ4v) is 4.75. The summed E-state index contributed by atoms with van der Waals surface area (Å²) >= 11 is 0. The van der Waals surface area contributed by atoms with Crippen molar-refractivity contribution < 1.29 is 28.6 Å². The average Bonchev–Trinajstić information content (AvgIpc) is 3.13. The van der Waals surface area contributed by atoms with Gasteiger partial charge in [-0.25, -0.2) is 4.39 Å². The van der Waals surface area contributed by atoms with Crippen LogP contribution in [0.25, 0.3) is 5.76 Å². The number of hydrogen-bond donors (Lipinski definition) is 1. The molecule has 1 amide bonds. The van der Waals surface area contributed by atoms with Crippen molar-refractivity contribution in [3.63, 3.8) is 0 Å². The number of rotatable bonds is 8. The molecule has 0 saturated carbocycles. The number of amides is 1. The number of ketones is 1. The molecule has 2 saturated heterocycles. The third-order valence-electron chi connectivity index (χ3n) is 6.79. The van der Waals surface area contributed by atoms with Crippen LogP contribution in [0.4, 0.5) is 4.39 Å².